The molecule has 1 saturated carbocycles. The summed E-state index contributed by atoms with van der Waals surface area (Å²) in [5.41, 5.74) is 1.14. The van der Waals surface area contributed by atoms with Gasteiger partial charge in [-0.1, -0.05) is 24.4 Å². The maximum absolute atomic E-state index is 5.92. The van der Waals surface area contributed by atoms with Crippen LogP contribution in [0.5, 0.6) is 0 Å². The second kappa shape index (κ2) is 6.74. The normalized spacial score (nSPS) is 16.1. The van der Waals surface area contributed by atoms with E-state index in [1.807, 2.05) is 6.07 Å². The quantitative estimate of drug-likeness (QED) is 0.816. The van der Waals surface area contributed by atoms with Gasteiger partial charge in [0.15, 0.2) is 0 Å². The minimum atomic E-state index is 0.636. The summed E-state index contributed by atoms with van der Waals surface area (Å²) in [6.07, 6.45) is 8.43. The highest BCUT2D eigenvalue weighted by molar-refractivity contribution is 7.16. The smallest absolute Gasteiger partial charge is 0.0931 e. The molecule has 0 spiro atoms. The van der Waals surface area contributed by atoms with Crippen molar-refractivity contribution in [3.63, 3.8) is 0 Å². The van der Waals surface area contributed by atoms with E-state index >= 15 is 0 Å². The van der Waals surface area contributed by atoms with Gasteiger partial charge >= 0.3 is 0 Å². The van der Waals surface area contributed by atoms with Crippen molar-refractivity contribution in [3.8, 4) is 0 Å². The van der Waals surface area contributed by atoms with Crippen LogP contribution in [0.25, 0.3) is 0 Å². The van der Waals surface area contributed by atoms with Gasteiger partial charge in [-0.2, -0.15) is 5.10 Å². The number of thiophene rings is 1. The van der Waals surface area contributed by atoms with E-state index in [2.05, 4.69) is 33.4 Å². The molecule has 1 N–H and O–H groups in total. The Morgan fingerprint density at radius 3 is 2.90 bits per heavy atom. The second-order valence-corrected chi connectivity index (χ2v) is 7.16. The first kappa shape index (κ1) is 14.1. The molecule has 0 aliphatic heterocycles. The Labute approximate surface area is 129 Å². The maximum atomic E-state index is 5.92. The predicted molar refractivity (Wildman–Crippen MR) is 84.5 cm³/mol. The molecule has 5 heteroatoms. The van der Waals surface area contributed by atoms with Crippen molar-refractivity contribution in [2.45, 2.75) is 44.7 Å². The lowest BCUT2D eigenvalue weighted by Crippen LogP contribution is -2.17. The molecule has 0 aromatic carbocycles. The predicted octanol–water partition coefficient (Wildman–Crippen LogP) is 4.05. The number of nitrogens with one attached hydrogen (secondary N) is 1. The lowest BCUT2D eigenvalue weighted by molar-refractivity contribution is 0.461. The van der Waals surface area contributed by atoms with Crippen LogP contribution < -0.4 is 5.32 Å². The van der Waals surface area contributed by atoms with Crippen molar-refractivity contribution in [2.24, 2.45) is 0 Å². The molecule has 2 aromatic heterocycles. The van der Waals surface area contributed by atoms with Gasteiger partial charge in [0, 0.05) is 24.2 Å². The van der Waals surface area contributed by atoms with Crippen LogP contribution in [-0.2, 0) is 13.0 Å². The number of rotatable bonds is 6. The largest absolute Gasteiger partial charge is 0.311 e. The van der Waals surface area contributed by atoms with Crippen molar-refractivity contribution in [1.29, 1.82) is 0 Å². The van der Waals surface area contributed by atoms with Gasteiger partial charge in [0.1, 0.15) is 0 Å². The van der Waals surface area contributed by atoms with E-state index in [0.29, 0.717) is 6.04 Å². The molecule has 1 aliphatic rings. The SMILES string of the molecule is Clc1ccc(CCNCc2ccn(C3CCCC3)n2)s1. The topological polar surface area (TPSA) is 29.9 Å². The van der Waals surface area contributed by atoms with E-state index in [9.17, 15) is 0 Å². The average molecular weight is 310 g/mol. The standard InChI is InChI=1S/C15H20ClN3S/c16-15-6-5-14(20-15)7-9-17-11-12-8-10-19(18-12)13-3-1-2-4-13/h5-6,8,10,13,17H,1-4,7,9,11H2. The van der Waals surface area contributed by atoms with Crippen molar-refractivity contribution in [2.75, 3.05) is 6.54 Å². The van der Waals surface area contributed by atoms with Gasteiger partial charge in [0.2, 0.25) is 0 Å². The number of nitrogens with zero attached hydrogens (tertiary/aromatic N) is 2. The zero-order valence-corrected chi connectivity index (χ0v) is 13.1. The fourth-order valence-corrected chi connectivity index (χ4v) is 3.85. The zero-order valence-electron chi connectivity index (χ0n) is 11.5. The first-order chi connectivity index (χ1) is 9.81. The van der Waals surface area contributed by atoms with Crippen LogP contribution in [0, 0.1) is 0 Å². The Morgan fingerprint density at radius 1 is 1.30 bits per heavy atom. The molecule has 108 valence electrons. The summed E-state index contributed by atoms with van der Waals surface area (Å²) >= 11 is 7.58. The lowest BCUT2D eigenvalue weighted by Gasteiger charge is -2.08. The fraction of sp³-hybridized carbons (Fsp3) is 0.533. The van der Waals surface area contributed by atoms with Gasteiger partial charge in [0.25, 0.3) is 0 Å². The summed E-state index contributed by atoms with van der Waals surface area (Å²) in [6, 6.07) is 6.83. The Kier molecular flexibility index (Phi) is 4.76. The average Bonchev–Trinajstić information content (AvgIpc) is 3.16. The first-order valence-corrected chi connectivity index (χ1v) is 8.50. The third-order valence-corrected chi connectivity index (χ3v) is 5.14. The van der Waals surface area contributed by atoms with Crippen LogP contribution in [0.4, 0.5) is 0 Å². The Bertz CT molecular complexity index is 543. The molecule has 0 bridgehead atoms. The number of aromatic nitrogens is 2. The monoisotopic (exact) mass is 309 g/mol. The highest BCUT2D eigenvalue weighted by Gasteiger charge is 2.17. The summed E-state index contributed by atoms with van der Waals surface area (Å²) in [5.74, 6) is 0. The zero-order chi connectivity index (χ0) is 13.8. The summed E-state index contributed by atoms with van der Waals surface area (Å²) < 4.78 is 3.03. The minimum Gasteiger partial charge on any atom is -0.311 e. The highest BCUT2D eigenvalue weighted by atomic mass is 35.5. The Balaban J connectivity index is 1.42. The van der Waals surface area contributed by atoms with E-state index in [-0.39, 0.29) is 0 Å². The number of halogens is 1. The summed E-state index contributed by atoms with van der Waals surface area (Å²) in [7, 11) is 0. The Hall–Kier alpha value is -0.840. The molecule has 0 atom stereocenters. The number of hydrogen-bond donors (Lipinski definition) is 1. The highest BCUT2D eigenvalue weighted by Crippen LogP contribution is 2.28. The van der Waals surface area contributed by atoms with Gasteiger partial charge in [-0.05, 0) is 37.5 Å². The molecule has 3 rings (SSSR count). The Morgan fingerprint density at radius 2 is 2.15 bits per heavy atom. The first-order valence-electron chi connectivity index (χ1n) is 7.30. The van der Waals surface area contributed by atoms with Crippen LogP contribution in [0.3, 0.4) is 0 Å². The second-order valence-electron chi connectivity index (χ2n) is 5.36. The maximum Gasteiger partial charge on any atom is 0.0931 e. The molecule has 0 saturated heterocycles. The van der Waals surface area contributed by atoms with E-state index in [1.165, 1.54) is 30.6 Å². The lowest BCUT2D eigenvalue weighted by atomic mass is 10.3. The molecule has 0 unspecified atom stereocenters. The van der Waals surface area contributed by atoms with E-state index in [4.69, 9.17) is 11.6 Å². The van der Waals surface area contributed by atoms with E-state index < -0.39 is 0 Å². The third kappa shape index (κ3) is 3.62. The molecular weight excluding hydrogens is 290 g/mol. The molecule has 2 heterocycles. The molecule has 20 heavy (non-hydrogen) atoms. The van der Waals surface area contributed by atoms with Crippen LogP contribution in [0.1, 0.15) is 42.3 Å². The summed E-state index contributed by atoms with van der Waals surface area (Å²) in [6.45, 7) is 1.81. The molecule has 1 aliphatic carbocycles. The van der Waals surface area contributed by atoms with Crippen molar-refractivity contribution in [1.82, 2.24) is 15.1 Å². The van der Waals surface area contributed by atoms with Crippen molar-refractivity contribution >= 4 is 22.9 Å². The molecule has 2 aromatic rings. The van der Waals surface area contributed by atoms with Crippen molar-refractivity contribution < 1.29 is 0 Å². The van der Waals surface area contributed by atoms with Gasteiger partial charge in [-0.25, -0.2) is 0 Å². The van der Waals surface area contributed by atoms with Crippen LogP contribution in [0.2, 0.25) is 4.34 Å². The van der Waals surface area contributed by atoms with Crippen LogP contribution in [0.15, 0.2) is 24.4 Å². The van der Waals surface area contributed by atoms with E-state index in [1.54, 1.807) is 11.3 Å². The molecule has 3 nitrogen and oxygen atoms in total. The number of hydrogen-bond acceptors (Lipinski definition) is 3. The van der Waals surface area contributed by atoms with Crippen LogP contribution in [-0.4, -0.2) is 16.3 Å². The third-order valence-electron chi connectivity index (χ3n) is 3.85. The summed E-state index contributed by atoms with van der Waals surface area (Å²) in [5, 5.41) is 8.13. The summed E-state index contributed by atoms with van der Waals surface area (Å²) in [4.78, 5) is 1.33. The van der Waals surface area contributed by atoms with Crippen molar-refractivity contribution in [3.05, 3.63) is 39.3 Å². The molecule has 1 fully saturated rings. The van der Waals surface area contributed by atoms with E-state index in [0.717, 1.165) is 29.5 Å². The molecule has 0 radical (unpaired) electrons. The van der Waals surface area contributed by atoms with Crippen LogP contribution >= 0.6 is 22.9 Å². The van der Waals surface area contributed by atoms with Gasteiger partial charge in [0.05, 0.1) is 16.1 Å². The molecule has 0 amide bonds. The molecular formula is C15H20ClN3S. The van der Waals surface area contributed by atoms with Gasteiger partial charge in [-0.15, -0.1) is 11.3 Å². The van der Waals surface area contributed by atoms with Gasteiger partial charge < -0.3 is 5.32 Å². The van der Waals surface area contributed by atoms with Gasteiger partial charge in [-0.3, -0.25) is 4.68 Å². The fourth-order valence-electron chi connectivity index (χ4n) is 2.76. The minimum absolute atomic E-state index is 0.636.